The van der Waals surface area contributed by atoms with Gasteiger partial charge in [0.2, 0.25) is 0 Å². The van der Waals surface area contributed by atoms with Crippen molar-refractivity contribution in [2.75, 3.05) is 0 Å². The largest absolute Gasteiger partial charge is 0.432 e. The third-order valence-corrected chi connectivity index (χ3v) is 6.95. The van der Waals surface area contributed by atoms with Gasteiger partial charge in [0.05, 0.1) is 0 Å². The molecule has 0 atom stereocenters. The number of benzene rings is 5. The van der Waals surface area contributed by atoms with Crippen molar-refractivity contribution in [3.63, 3.8) is 0 Å². The van der Waals surface area contributed by atoms with Gasteiger partial charge in [-0.3, -0.25) is 0 Å². The van der Waals surface area contributed by atoms with E-state index in [1.165, 1.54) is 18.2 Å². The van der Waals surface area contributed by atoms with Crippen LogP contribution >= 0.6 is 0 Å². The van der Waals surface area contributed by atoms with Gasteiger partial charge < -0.3 is 4.74 Å². The summed E-state index contributed by atoms with van der Waals surface area (Å²) >= 11 is 0. The van der Waals surface area contributed by atoms with Crippen LogP contribution in [-0.2, 0) is 12.5 Å². The van der Waals surface area contributed by atoms with E-state index in [1.807, 2.05) is 30.3 Å². The molecule has 0 bridgehead atoms. The molecule has 0 aliphatic heterocycles. The van der Waals surface area contributed by atoms with Crippen molar-refractivity contribution in [1.29, 1.82) is 0 Å². The minimum absolute atomic E-state index is 0.0727. The number of hydrogen-bond donors (Lipinski definition) is 0. The number of alkyl halides is 2. The van der Waals surface area contributed by atoms with Gasteiger partial charge in [-0.25, -0.2) is 26.3 Å². The van der Waals surface area contributed by atoms with E-state index in [2.05, 4.69) is 11.3 Å². The second kappa shape index (κ2) is 12.4. The maximum Gasteiger partial charge on any atom is 0.432 e. The van der Waals surface area contributed by atoms with Gasteiger partial charge in [-0.15, -0.1) is 6.58 Å². The van der Waals surface area contributed by atoms with Crippen molar-refractivity contribution in [2.24, 2.45) is 0 Å². The summed E-state index contributed by atoms with van der Waals surface area (Å²) in [7, 11) is 0. The van der Waals surface area contributed by atoms with Gasteiger partial charge in [-0.2, -0.15) is 8.78 Å². The number of allylic oxidation sites excluding steroid dienone is 1. The van der Waals surface area contributed by atoms with Crippen LogP contribution in [-0.4, -0.2) is 0 Å². The lowest BCUT2D eigenvalue weighted by Crippen LogP contribution is -2.25. The zero-order valence-electron chi connectivity index (χ0n) is 22.8. The highest BCUT2D eigenvalue weighted by molar-refractivity contribution is 5.74. The monoisotopic (exact) mass is 610 g/mol. The standard InChI is InChI=1S/C35H22F8O/c1-2-3-4-20-5-7-21(8-6-20)22-9-12-26(29(37)15-22)23-10-13-27(30(38)16-23)24-17-32(40)34(33(41)18-24)35(42,43)44-25-11-14-28(36)31(39)19-25/h2,5-19H,1,3-4H2. The molecule has 9 heteroatoms. The van der Waals surface area contributed by atoms with Crippen LogP contribution in [0.2, 0.25) is 0 Å². The Bertz CT molecular complexity index is 1820. The van der Waals surface area contributed by atoms with Crippen LogP contribution in [0.4, 0.5) is 35.1 Å². The van der Waals surface area contributed by atoms with Crippen molar-refractivity contribution in [3.8, 4) is 39.1 Å². The van der Waals surface area contributed by atoms with E-state index in [4.69, 9.17) is 0 Å². The zero-order valence-corrected chi connectivity index (χ0v) is 22.8. The SMILES string of the molecule is C=CCCc1ccc(-c2ccc(-c3ccc(-c4cc(F)c(C(F)(F)Oc5ccc(F)c(F)c5)c(F)c4)c(F)c3)c(F)c2)cc1. The van der Waals surface area contributed by atoms with Crippen molar-refractivity contribution in [1.82, 2.24) is 0 Å². The first-order valence-electron chi connectivity index (χ1n) is 13.3. The first kappa shape index (κ1) is 30.5. The summed E-state index contributed by atoms with van der Waals surface area (Å²) in [5.74, 6) is -8.88. The summed E-state index contributed by atoms with van der Waals surface area (Å²) in [5.41, 5.74) is 0.154. The van der Waals surface area contributed by atoms with Gasteiger partial charge in [0.15, 0.2) is 11.6 Å². The molecule has 0 aromatic heterocycles. The molecular weight excluding hydrogens is 588 g/mol. The first-order chi connectivity index (χ1) is 21.0. The lowest BCUT2D eigenvalue weighted by Gasteiger charge is -2.20. The molecule has 0 amide bonds. The van der Waals surface area contributed by atoms with Crippen LogP contribution in [0.25, 0.3) is 33.4 Å². The average molecular weight is 611 g/mol. The molecule has 5 aromatic rings. The molecule has 0 unspecified atom stereocenters. The number of hydrogen-bond acceptors (Lipinski definition) is 1. The summed E-state index contributed by atoms with van der Waals surface area (Å²) < 4.78 is 120. The minimum atomic E-state index is -4.63. The number of rotatable bonds is 9. The molecule has 0 aliphatic rings. The average Bonchev–Trinajstić information content (AvgIpc) is 2.97. The van der Waals surface area contributed by atoms with Crippen LogP contribution in [0.15, 0.2) is 104 Å². The van der Waals surface area contributed by atoms with E-state index in [-0.39, 0.29) is 16.7 Å². The fourth-order valence-electron chi connectivity index (χ4n) is 4.72. The molecule has 44 heavy (non-hydrogen) atoms. The molecule has 0 radical (unpaired) electrons. The smallest absolute Gasteiger partial charge is 0.429 e. The molecular formula is C35H22F8O. The second-order valence-electron chi connectivity index (χ2n) is 9.92. The van der Waals surface area contributed by atoms with Gasteiger partial charge in [0.1, 0.15) is 34.6 Å². The van der Waals surface area contributed by atoms with E-state index >= 15 is 8.78 Å². The van der Waals surface area contributed by atoms with E-state index in [0.29, 0.717) is 35.9 Å². The third-order valence-electron chi connectivity index (χ3n) is 6.95. The maximum absolute atomic E-state index is 15.2. The van der Waals surface area contributed by atoms with Gasteiger partial charge in [-0.05, 0) is 77.1 Å². The van der Waals surface area contributed by atoms with Crippen LogP contribution in [0.5, 0.6) is 5.75 Å². The van der Waals surface area contributed by atoms with Gasteiger partial charge in [-0.1, -0.05) is 54.6 Å². The summed E-state index contributed by atoms with van der Waals surface area (Å²) in [6, 6.07) is 18.0. The molecule has 0 spiro atoms. The summed E-state index contributed by atoms with van der Waals surface area (Å²) in [4.78, 5) is 0. The van der Waals surface area contributed by atoms with E-state index < -0.39 is 57.9 Å². The Balaban J connectivity index is 1.39. The Morgan fingerprint density at radius 3 is 1.68 bits per heavy atom. The molecule has 0 heterocycles. The Labute approximate surface area is 247 Å². The predicted molar refractivity (Wildman–Crippen MR) is 152 cm³/mol. The third kappa shape index (κ3) is 6.37. The highest BCUT2D eigenvalue weighted by Gasteiger charge is 2.41. The summed E-state index contributed by atoms with van der Waals surface area (Å²) in [5, 5.41) is 0. The van der Waals surface area contributed by atoms with Crippen molar-refractivity contribution >= 4 is 0 Å². The van der Waals surface area contributed by atoms with Gasteiger partial charge >= 0.3 is 6.11 Å². The highest BCUT2D eigenvalue weighted by Crippen LogP contribution is 2.38. The molecule has 0 N–H and O–H groups in total. The van der Waals surface area contributed by atoms with Crippen molar-refractivity contribution < 1.29 is 39.9 Å². The Hall–Kier alpha value is -4.92. The van der Waals surface area contributed by atoms with E-state index in [1.54, 1.807) is 6.07 Å². The maximum atomic E-state index is 15.2. The molecule has 0 saturated heterocycles. The predicted octanol–water partition coefficient (Wildman–Crippen LogP) is 10.8. The fourth-order valence-corrected chi connectivity index (χ4v) is 4.72. The van der Waals surface area contributed by atoms with Gasteiger partial charge in [0, 0.05) is 17.2 Å². The minimum Gasteiger partial charge on any atom is -0.429 e. The Morgan fingerprint density at radius 2 is 1.09 bits per heavy atom. The quantitative estimate of drug-likeness (QED) is 0.119. The van der Waals surface area contributed by atoms with E-state index in [0.717, 1.165) is 36.1 Å². The lowest BCUT2D eigenvalue weighted by molar-refractivity contribution is -0.189. The Kier molecular flexibility index (Phi) is 8.58. The lowest BCUT2D eigenvalue weighted by atomic mass is 9.96. The van der Waals surface area contributed by atoms with Crippen LogP contribution in [0.1, 0.15) is 17.5 Å². The molecule has 5 aromatic carbocycles. The molecule has 0 saturated carbocycles. The van der Waals surface area contributed by atoms with Crippen molar-refractivity contribution in [2.45, 2.75) is 19.0 Å². The summed E-state index contributed by atoms with van der Waals surface area (Å²) in [6.07, 6.45) is -1.13. The molecule has 224 valence electrons. The zero-order chi connectivity index (χ0) is 31.6. The van der Waals surface area contributed by atoms with E-state index in [9.17, 15) is 26.3 Å². The van der Waals surface area contributed by atoms with Crippen LogP contribution in [0, 0.1) is 34.9 Å². The Morgan fingerprint density at radius 1 is 0.545 bits per heavy atom. The topological polar surface area (TPSA) is 9.23 Å². The molecule has 1 nitrogen and oxygen atoms in total. The highest BCUT2D eigenvalue weighted by atomic mass is 19.3. The van der Waals surface area contributed by atoms with Crippen LogP contribution in [0.3, 0.4) is 0 Å². The van der Waals surface area contributed by atoms with Crippen molar-refractivity contribution in [3.05, 3.63) is 150 Å². The first-order valence-corrected chi connectivity index (χ1v) is 13.3. The number of ether oxygens (including phenoxy) is 1. The second-order valence-corrected chi connectivity index (χ2v) is 9.92. The molecule has 0 fully saturated rings. The number of halogens is 8. The number of aryl methyl sites for hydroxylation is 1. The van der Waals surface area contributed by atoms with Crippen LogP contribution < -0.4 is 4.74 Å². The molecule has 0 aliphatic carbocycles. The van der Waals surface area contributed by atoms with Gasteiger partial charge in [0.25, 0.3) is 0 Å². The fraction of sp³-hybridized carbons (Fsp3) is 0.0857. The summed E-state index contributed by atoms with van der Waals surface area (Å²) in [6.45, 7) is 3.70. The normalized spacial score (nSPS) is 11.5. The molecule has 5 rings (SSSR count).